The van der Waals surface area contributed by atoms with Crippen LogP contribution >= 0.6 is 11.6 Å². The highest BCUT2D eigenvalue weighted by Gasteiger charge is 2.43. The zero-order valence-corrected chi connectivity index (χ0v) is 16.0. The van der Waals surface area contributed by atoms with Gasteiger partial charge in [0.2, 0.25) is 0 Å². The maximum atomic E-state index is 13.2. The van der Waals surface area contributed by atoms with Gasteiger partial charge in [-0.2, -0.15) is 0 Å². The van der Waals surface area contributed by atoms with E-state index in [0.717, 1.165) is 31.4 Å². The molecule has 0 saturated carbocycles. The maximum absolute atomic E-state index is 13.2. The summed E-state index contributed by atoms with van der Waals surface area (Å²) in [5.41, 5.74) is 2.43. The summed E-state index contributed by atoms with van der Waals surface area (Å²) in [7, 11) is 0. The fourth-order valence-electron chi connectivity index (χ4n) is 3.72. The summed E-state index contributed by atoms with van der Waals surface area (Å²) >= 11 is 6.52. The van der Waals surface area contributed by atoms with Crippen LogP contribution in [-0.2, 0) is 4.74 Å². The summed E-state index contributed by atoms with van der Waals surface area (Å²) in [4.78, 5) is 4.59. The number of fused-ring (bicyclic) bond motifs is 2. The Kier molecular flexibility index (Phi) is 4.44. The van der Waals surface area contributed by atoms with Gasteiger partial charge in [0.1, 0.15) is 5.82 Å². The minimum absolute atomic E-state index is 0.00397. The van der Waals surface area contributed by atoms with E-state index in [1.807, 2.05) is 18.2 Å². The van der Waals surface area contributed by atoms with E-state index in [1.54, 1.807) is 6.07 Å². The Balaban J connectivity index is 1.41. The van der Waals surface area contributed by atoms with Gasteiger partial charge in [-0.3, -0.25) is 0 Å². The normalized spacial score (nSPS) is 18.2. The van der Waals surface area contributed by atoms with Gasteiger partial charge >= 0.3 is 6.29 Å². The molecule has 0 bridgehead atoms. The van der Waals surface area contributed by atoms with E-state index in [-0.39, 0.29) is 11.5 Å². The second-order valence-corrected chi connectivity index (χ2v) is 7.52. The van der Waals surface area contributed by atoms with Crippen LogP contribution < -0.4 is 14.8 Å². The standard InChI is InChI=1S/C21H17ClF2N2O3/c22-16-10-14(12-5-7-27-8-6-12)9-13-1-4-19(26-20(13)16)25-15-2-3-17-18(11-15)29-21(23,24)28-17/h1-4,9-12H,5-8H2,(H,25,26). The van der Waals surface area contributed by atoms with Crippen LogP contribution in [0.1, 0.15) is 24.3 Å². The number of alkyl halides is 2. The Morgan fingerprint density at radius 1 is 1.00 bits per heavy atom. The van der Waals surface area contributed by atoms with Gasteiger partial charge in [-0.05, 0) is 60.7 Å². The second-order valence-electron chi connectivity index (χ2n) is 7.11. The fraction of sp³-hybridized carbons (Fsp3) is 0.286. The molecule has 0 spiro atoms. The van der Waals surface area contributed by atoms with Crippen LogP contribution in [0.5, 0.6) is 11.5 Å². The Morgan fingerprint density at radius 3 is 2.62 bits per heavy atom. The van der Waals surface area contributed by atoms with E-state index in [1.165, 1.54) is 17.7 Å². The molecule has 5 nitrogen and oxygen atoms in total. The lowest BCUT2D eigenvalue weighted by Crippen LogP contribution is -2.25. The van der Waals surface area contributed by atoms with Crippen molar-refractivity contribution in [2.75, 3.05) is 18.5 Å². The average Bonchev–Trinajstić information content (AvgIpc) is 3.02. The van der Waals surface area contributed by atoms with E-state index < -0.39 is 6.29 Å². The maximum Gasteiger partial charge on any atom is 0.586 e. The minimum atomic E-state index is -3.64. The molecule has 2 aliphatic heterocycles. The fourth-order valence-corrected chi connectivity index (χ4v) is 4.00. The molecule has 0 aliphatic carbocycles. The molecule has 2 aromatic carbocycles. The molecule has 3 heterocycles. The third-order valence-corrected chi connectivity index (χ3v) is 5.42. The Morgan fingerprint density at radius 2 is 1.79 bits per heavy atom. The molecule has 0 amide bonds. The molecule has 0 unspecified atom stereocenters. The number of anilines is 2. The molecular weight excluding hydrogens is 402 g/mol. The summed E-state index contributed by atoms with van der Waals surface area (Å²) in [5, 5.41) is 4.63. The Hall–Kier alpha value is -2.64. The first-order chi connectivity index (χ1) is 14.0. The molecule has 0 radical (unpaired) electrons. The molecule has 1 N–H and O–H groups in total. The van der Waals surface area contributed by atoms with E-state index in [0.29, 0.717) is 28.0 Å². The van der Waals surface area contributed by atoms with Crippen molar-refractivity contribution in [1.82, 2.24) is 4.98 Å². The number of nitrogens with zero attached hydrogens (tertiary/aromatic N) is 1. The third kappa shape index (κ3) is 3.68. The van der Waals surface area contributed by atoms with Crippen molar-refractivity contribution in [1.29, 1.82) is 0 Å². The van der Waals surface area contributed by atoms with Crippen molar-refractivity contribution in [3.8, 4) is 11.5 Å². The van der Waals surface area contributed by atoms with Crippen molar-refractivity contribution in [3.05, 3.63) is 53.1 Å². The lowest BCUT2D eigenvalue weighted by molar-refractivity contribution is -0.286. The molecule has 1 fully saturated rings. The molecule has 1 saturated heterocycles. The largest absolute Gasteiger partial charge is 0.586 e. The van der Waals surface area contributed by atoms with Gasteiger partial charge < -0.3 is 19.5 Å². The first-order valence-electron chi connectivity index (χ1n) is 9.32. The molecule has 3 aromatic rings. The molecule has 8 heteroatoms. The van der Waals surface area contributed by atoms with Crippen LogP contribution in [0.3, 0.4) is 0 Å². The predicted octanol–water partition coefficient (Wildman–Crippen LogP) is 5.85. The molecule has 150 valence electrons. The number of nitrogens with one attached hydrogen (secondary N) is 1. The van der Waals surface area contributed by atoms with Crippen molar-refractivity contribution >= 4 is 34.0 Å². The number of aromatic nitrogens is 1. The van der Waals surface area contributed by atoms with Crippen molar-refractivity contribution in [2.24, 2.45) is 0 Å². The highest BCUT2D eigenvalue weighted by molar-refractivity contribution is 6.35. The Labute approximate surface area is 170 Å². The van der Waals surface area contributed by atoms with Crippen LogP contribution in [0.2, 0.25) is 5.02 Å². The molecular formula is C21H17ClF2N2O3. The molecule has 5 rings (SSSR count). The number of hydrogen-bond acceptors (Lipinski definition) is 5. The van der Waals surface area contributed by atoms with Gasteiger partial charge in [-0.1, -0.05) is 11.6 Å². The summed E-state index contributed by atoms with van der Waals surface area (Å²) in [6, 6.07) is 12.3. The first kappa shape index (κ1) is 18.4. The van der Waals surface area contributed by atoms with Crippen LogP contribution in [0.4, 0.5) is 20.3 Å². The number of pyridine rings is 1. The van der Waals surface area contributed by atoms with Crippen LogP contribution in [0.15, 0.2) is 42.5 Å². The molecule has 29 heavy (non-hydrogen) atoms. The van der Waals surface area contributed by atoms with E-state index >= 15 is 0 Å². The zero-order chi connectivity index (χ0) is 20.0. The van der Waals surface area contributed by atoms with Crippen molar-refractivity contribution in [2.45, 2.75) is 25.1 Å². The summed E-state index contributed by atoms with van der Waals surface area (Å²) in [6.45, 7) is 1.53. The topological polar surface area (TPSA) is 52.6 Å². The minimum Gasteiger partial charge on any atom is -0.395 e. The van der Waals surface area contributed by atoms with Crippen LogP contribution in [0, 0.1) is 0 Å². The zero-order valence-electron chi connectivity index (χ0n) is 15.3. The lowest BCUT2D eigenvalue weighted by atomic mass is 9.91. The smallest absolute Gasteiger partial charge is 0.395 e. The van der Waals surface area contributed by atoms with Gasteiger partial charge in [-0.15, -0.1) is 8.78 Å². The highest BCUT2D eigenvalue weighted by Crippen LogP contribution is 2.42. The summed E-state index contributed by atoms with van der Waals surface area (Å²) in [6.07, 6.45) is -1.67. The average molecular weight is 419 g/mol. The summed E-state index contributed by atoms with van der Waals surface area (Å²) in [5.74, 6) is 0.953. The van der Waals surface area contributed by atoms with Crippen molar-refractivity contribution in [3.63, 3.8) is 0 Å². The van der Waals surface area contributed by atoms with E-state index in [2.05, 4.69) is 25.8 Å². The lowest BCUT2D eigenvalue weighted by Gasteiger charge is -2.23. The number of hydrogen-bond donors (Lipinski definition) is 1. The summed E-state index contributed by atoms with van der Waals surface area (Å²) < 4.78 is 40.7. The molecule has 0 atom stereocenters. The SMILES string of the molecule is FC1(F)Oc2ccc(Nc3ccc4cc(C5CCOCC5)cc(Cl)c4n3)cc2O1. The molecule has 1 aromatic heterocycles. The predicted molar refractivity (Wildman–Crippen MR) is 105 cm³/mol. The van der Waals surface area contributed by atoms with Gasteiger partial charge in [-0.25, -0.2) is 4.98 Å². The monoisotopic (exact) mass is 418 g/mol. The second kappa shape index (κ2) is 7.00. The van der Waals surface area contributed by atoms with Gasteiger partial charge in [0.25, 0.3) is 0 Å². The highest BCUT2D eigenvalue weighted by atomic mass is 35.5. The van der Waals surface area contributed by atoms with Crippen LogP contribution in [0.25, 0.3) is 10.9 Å². The first-order valence-corrected chi connectivity index (χ1v) is 9.69. The third-order valence-electron chi connectivity index (χ3n) is 5.13. The number of rotatable bonds is 3. The van der Waals surface area contributed by atoms with Gasteiger partial charge in [0.05, 0.1) is 10.5 Å². The molecule has 2 aliphatic rings. The number of ether oxygens (including phenoxy) is 3. The number of benzene rings is 2. The van der Waals surface area contributed by atoms with E-state index in [9.17, 15) is 8.78 Å². The number of halogens is 3. The van der Waals surface area contributed by atoms with E-state index in [4.69, 9.17) is 16.3 Å². The quantitative estimate of drug-likeness (QED) is 0.578. The van der Waals surface area contributed by atoms with Gasteiger partial charge in [0.15, 0.2) is 11.5 Å². The Bertz CT molecular complexity index is 1090. The van der Waals surface area contributed by atoms with Crippen LogP contribution in [-0.4, -0.2) is 24.5 Å². The van der Waals surface area contributed by atoms with Crippen molar-refractivity contribution < 1.29 is 23.0 Å². The van der Waals surface area contributed by atoms with Gasteiger partial charge in [0, 0.05) is 30.4 Å².